The molecular formula is C13H16N2O. The quantitative estimate of drug-likeness (QED) is 0.771. The van der Waals surface area contributed by atoms with Gasteiger partial charge in [-0.2, -0.15) is 5.26 Å². The minimum atomic E-state index is -0.206. The topological polar surface area (TPSA) is 52.9 Å². The Hall–Kier alpha value is -1.82. The van der Waals surface area contributed by atoms with E-state index in [0.29, 0.717) is 5.56 Å². The van der Waals surface area contributed by atoms with Crippen LogP contribution in [0.5, 0.6) is 0 Å². The molecule has 3 heteroatoms. The first-order valence-corrected chi connectivity index (χ1v) is 5.21. The Morgan fingerprint density at radius 2 is 1.88 bits per heavy atom. The Bertz CT molecular complexity index is 407. The summed E-state index contributed by atoms with van der Waals surface area (Å²) < 4.78 is 0. The Labute approximate surface area is 96.1 Å². The molecule has 1 aromatic rings. The SMILES string of the molecule is CC(C)(C)c1ccc(C(=O)NCC#N)cc1. The van der Waals surface area contributed by atoms with E-state index in [2.05, 4.69) is 26.1 Å². The van der Waals surface area contributed by atoms with Gasteiger partial charge in [0, 0.05) is 5.56 Å². The van der Waals surface area contributed by atoms with E-state index in [1.54, 1.807) is 12.1 Å². The molecule has 0 heterocycles. The van der Waals surface area contributed by atoms with Crippen molar-refractivity contribution in [2.24, 2.45) is 0 Å². The maximum atomic E-state index is 11.5. The molecule has 0 unspecified atom stereocenters. The number of carbonyl (C=O) groups excluding carboxylic acids is 1. The number of nitrogens with one attached hydrogen (secondary N) is 1. The summed E-state index contributed by atoms with van der Waals surface area (Å²) in [4.78, 5) is 11.5. The van der Waals surface area contributed by atoms with Gasteiger partial charge in [-0.05, 0) is 23.1 Å². The van der Waals surface area contributed by atoms with Gasteiger partial charge in [-0.1, -0.05) is 32.9 Å². The second-order valence-electron chi connectivity index (χ2n) is 4.67. The summed E-state index contributed by atoms with van der Waals surface area (Å²) in [5.41, 5.74) is 1.86. The standard InChI is InChI=1S/C13H16N2O/c1-13(2,3)11-6-4-10(5-7-11)12(16)15-9-8-14/h4-7H,9H2,1-3H3,(H,15,16). The van der Waals surface area contributed by atoms with Crippen LogP contribution in [0.2, 0.25) is 0 Å². The summed E-state index contributed by atoms with van der Waals surface area (Å²) in [6.07, 6.45) is 0. The van der Waals surface area contributed by atoms with Crippen molar-refractivity contribution in [1.29, 1.82) is 5.26 Å². The van der Waals surface area contributed by atoms with Gasteiger partial charge >= 0.3 is 0 Å². The average Bonchev–Trinajstić information content (AvgIpc) is 2.25. The lowest BCUT2D eigenvalue weighted by atomic mass is 9.87. The summed E-state index contributed by atoms with van der Waals surface area (Å²) in [6, 6.07) is 9.33. The molecule has 1 amide bonds. The van der Waals surface area contributed by atoms with Crippen LogP contribution < -0.4 is 5.32 Å². The molecule has 0 fully saturated rings. The summed E-state index contributed by atoms with van der Waals surface area (Å²) in [5, 5.41) is 10.9. The molecule has 0 aliphatic carbocycles. The fourth-order valence-corrected chi connectivity index (χ4v) is 1.34. The summed E-state index contributed by atoms with van der Waals surface area (Å²) in [6.45, 7) is 6.41. The molecule has 0 saturated heterocycles. The van der Waals surface area contributed by atoms with Crippen molar-refractivity contribution >= 4 is 5.91 Å². The highest BCUT2D eigenvalue weighted by atomic mass is 16.1. The predicted molar refractivity (Wildman–Crippen MR) is 63.1 cm³/mol. The highest BCUT2D eigenvalue weighted by molar-refractivity contribution is 5.94. The number of hydrogen-bond acceptors (Lipinski definition) is 2. The summed E-state index contributed by atoms with van der Waals surface area (Å²) in [5.74, 6) is -0.206. The van der Waals surface area contributed by atoms with E-state index in [-0.39, 0.29) is 17.9 Å². The molecule has 1 N–H and O–H groups in total. The smallest absolute Gasteiger partial charge is 0.252 e. The van der Waals surface area contributed by atoms with Gasteiger partial charge in [0.15, 0.2) is 0 Å². The van der Waals surface area contributed by atoms with Crippen molar-refractivity contribution in [3.63, 3.8) is 0 Å². The number of rotatable bonds is 2. The Morgan fingerprint density at radius 3 is 2.31 bits per heavy atom. The van der Waals surface area contributed by atoms with Crippen molar-refractivity contribution in [2.45, 2.75) is 26.2 Å². The molecular weight excluding hydrogens is 200 g/mol. The Morgan fingerprint density at radius 1 is 1.31 bits per heavy atom. The molecule has 0 aliphatic rings. The largest absolute Gasteiger partial charge is 0.339 e. The van der Waals surface area contributed by atoms with Gasteiger partial charge in [0.05, 0.1) is 6.07 Å². The summed E-state index contributed by atoms with van der Waals surface area (Å²) >= 11 is 0. The predicted octanol–water partition coefficient (Wildman–Crippen LogP) is 2.24. The van der Waals surface area contributed by atoms with Crippen molar-refractivity contribution < 1.29 is 4.79 Å². The lowest BCUT2D eigenvalue weighted by Gasteiger charge is -2.18. The van der Waals surface area contributed by atoms with E-state index in [1.807, 2.05) is 18.2 Å². The molecule has 0 aliphatic heterocycles. The maximum Gasteiger partial charge on any atom is 0.252 e. The minimum Gasteiger partial charge on any atom is -0.339 e. The number of nitriles is 1. The van der Waals surface area contributed by atoms with Gasteiger partial charge in [0.1, 0.15) is 6.54 Å². The number of amides is 1. The first-order chi connectivity index (χ1) is 7.45. The second-order valence-corrected chi connectivity index (χ2v) is 4.67. The van der Waals surface area contributed by atoms with Gasteiger partial charge in [-0.3, -0.25) is 4.79 Å². The van der Waals surface area contributed by atoms with E-state index in [0.717, 1.165) is 0 Å². The van der Waals surface area contributed by atoms with E-state index >= 15 is 0 Å². The van der Waals surface area contributed by atoms with Crippen LogP contribution in [0.25, 0.3) is 0 Å². The zero-order valence-corrected chi connectivity index (χ0v) is 9.87. The molecule has 0 bridgehead atoms. The van der Waals surface area contributed by atoms with E-state index < -0.39 is 0 Å². The van der Waals surface area contributed by atoms with Crippen LogP contribution in [-0.2, 0) is 5.41 Å². The third kappa shape index (κ3) is 3.09. The van der Waals surface area contributed by atoms with Crippen molar-refractivity contribution in [3.8, 4) is 6.07 Å². The van der Waals surface area contributed by atoms with Crippen molar-refractivity contribution in [1.82, 2.24) is 5.32 Å². The van der Waals surface area contributed by atoms with Crippen LogP contribution in [-0.4, -0.2) is 12.5 Å². The summed E-state index contributed by atoms with van der Waals surface area (Å²) in [7, 11) is 0. The van der Waals surface area contributed by atoms with Crippen LogP contribution in [0.1, 0.15) is 36.7 Å². The van der Waals surface area contributed by atoms with Crippen LogP contribution in [0.15, 0.2) is 24.3 Å². The zero-order chi connectivity index (χ0) is 12.2. The third-order valence-corrected chi connectivity index (χ3v) is 2.34. The fourth-order valence-electron chi connectivity index (χ4n) is 1.34. The first-order valence-electron chi connectivity index (χ1n) is 5.21. The average molecular weight is 216 g/mol. The van der Waals surface area contributed by atoms with Gasteiger partial charge in [0.2, 0.25) is 0 Å². The molecule has 3 nitrogen and oxygen atoms in total. The van der Waals surface area contributed by atoms with Crippen LogP contribution in [0.3, 0.4) is 0 Å². The van der Waals surface area contributed by atoms with Gasteiger partial charge in [-0.15, -0.1) is 0 Å². The fraction of sp³-hybridized carbons (Fsp3) is 0.385. The minimum absolute atomic E-state index is 0.0415. The highest BCUT2D eigenvalue weighted by Crippen LogP contribution is 2.22. The molecule has 0 spiro atoms. The third-order valence-electron chi connectivity index (χ3n) is 2.34. The van der Waals surface area contributed by atoms with Crippen molar-refractivity contribution in [2.75, 3.05) is 6.54 Å². The van der Waals surface area contributed by atoms with Crippen LogP contribution >= 0.6 is 0 Å². The first kappa shape index (κ1) is 12.3. The molecule has 0 aromatic heterocycles. The lowest BCUT2D eigenvalue weighted by Crippen LogP contribution is -2.23. The molecule has 0 saturated carbocycles. The zero-order valence-electron chi connectivity index (χ0n) is 9.87. The van der Waals surface area contributed by atoms with Crippen molar-refractivity contribution in [3.05, 3.63) is 35.4 Å². The molecule has 16 heavy (non-hydrogen) atoms. The normalized spacial score (nSPS) is 10.6. The van der Waals surface area contributed by atoms with Gasteiger partial charge in [0.25, 0.3) is 5.91 Å². The number of carbonyl (C=O) groups is 1. The maximum absolute atomic E-state index is 11.5. The monoisotopic (exact) mass is 216 g/mol. The molecule has 84 valence electrons. The Balaban J connectivity index is 2.80. The van der Waals surface area contributed by atoms with E-state index in [4.69, 9.17) is 5.26 Å². The lowest BCUT2D eigenvalue weighted by molar-refractivity contribution is 0.0958. The molecule has 0 atom stereocenters. The van der Waals surface area contributed by atoms with Gasteiger partial charge in [-0.25, -0.2) is 0 Å². The highest BCUT2D eigenvalue weighted by Gasteiger charge is 2.13. The molecule has 1 aromatic carbocycles. The van der Waals surface area contributed by atoms with E-state index in [9.17, 15) is 4.79 Å². The molecule has 1 rings (SSSR count). The Kier molecular flexibility index (Phi) is 3.68. The number of hydrogen-bond donors (Lipinski definition) is 1. The number of nitrogens with zero attached hydrogens (tertiary/aromatic N) is 1. The van der Waals surface area contributed by atoms with Gasteiger partial charge < -0.3 is 5.32 Å². The second kappa shape index (κ2) is 4.80. The number of benzene rings is 1. The van der Waals surface area contributed by atoms with E-state index in [1.165, 1.54) is 5.56 Å². The molecule has 0 radical (unpaired) electrons. The van der Waals surface area contributed by atoms with Crippen LogP contribution in [0, 0.1) is 11.3 Å². The van der Waals surface area contributed by atoms with Crippen LogP contribution in [0.4, 0.5) is 0 Å².